The standard InChI is InChI=1S/C40H49N5O2/c1-4-47-31-19-16-29(17-20-31)26-38-44-36-27-30(18-21-37(36)45(38)25-22-28(2)3)40(46)42-24-11-5-10-23-41-39-32-12-6-8-14-34(32)43-35-15-9-7-13-33(35)39/h6,8,12,14,16-21,27-28H,4-5,7,9-11,13,15,22-26H2,1-3H3,(H,41,43)(H,42,46). The van der Waals surface area contributed by atoms with Gasteiger partial charge in [-0.3, -0.25) is 9.78 Å². The summed E-state index contributed by atoms with van der Waals surface area (Å²) < 4.78 is 7.94. The predicted molar refractivity (Wildman–Crippen MR) is 193 cm³/mol. The van der Waals surface area contributed by atoms with Gasteiger partial charge < -0.3 is 19.9 Å². The zero-order valence-electron chi connectivity index (χ0n) is 28.3. The molecule has 5 aromatic rings. The Kier molecular flexibility index (Phi) is 10.7. The summed E-state index contributed by atoms with van der Waals surface area (Å²) in [5.74, 6) is 2.46. The summed E-state index contributed by atoms with van der Waals surface area (Å²) in [6, 6.07) is 22.7. The number of nitrogens with zero attached hydrogens (tertiary/aromatic N) is 3. The molecule has 0 saturated heterocycles. The highest BCUT2D eigenvalue weighted by Crippen LogP contribution is 2.33. The number of aryl methyl sites for hydroxylation is 2. The molecule has 47 heavy (non-hydrogen) atoms. The highest BCUT2D eigenvalue weighted by molar-refractivity contribution is 5.97. The molecule has 0 saturated carbocycles. The summed E-state index contributed by atoms with van der Waals surface area (Å²) >= 11 is 0. The highest BCUT2D eigenvalue weighted by Gasteiger charge is 2.18. The molecule has 6 rings (SSSR count). The predicted octanol–water partition coefficient (Wildman–Crippen LogP) is 8.51. The van der Waals surface area contributed by atoms with Crippen molar-refractivity contribution in [2.24, 2.45) is 5.92 Å². The maximum Gasteiger partial charge on any atom is 0.251 e. The van der Waals surface area contributed by atoms with Gasteiger partial charge in [0.15, 0.2) is 0 Å². The molecule has 2 aromatic heterocycles. The van der Waals surface area contributed by atoms with Crippen molar-refractivity contribution in [3.63, 3.8) is 0 Å². The van der Waals surface area contributed by atoms with Crippen LogP contribution in [-0.4, -0.2) is 40.1 Å². The van der Waals surface area contributed by atoms with E-state index in [4.69, 9.17) is 14.7 Å². The molecular weight excluding hydrogens is 582 g/mol. The van der Waals surface area contributed by atoms with Crippen LogP contribution in [0, 0.1) is 5.92 Å². The van der Waals surface area contributed by atoms with Crippen molar-refractivity contribution in [3.05, 3.63) is 94.9 Å². The number of unbranched alkanes of at least 4 members (excludes halogenated alkanes) is 2. The number of anilines is 1. The number of rotatable bonds is 15. The molecule has 7 nitrogen and oxygen atoms in total. The van der Waals surface area contributed by atoms with E-state index in [0.717, 1.165) is 86.2 Å². The van der Waals surface area contributed by atoms with E-state index in [1.54, 1.807) is 0 Å². The monoisotopic (exact) mass is 631 g/mol. The van der Waals surface area contributed by atoms with Crippen LogP contribution in [0.1, 0.15) is 92.3 Å². The molecule has 0 spiro atoms. The summed E-state index contributed by atoms with van der Waals surface area (Å²) in [4.78, 5) is 23.1. The first-order valence-corrected chi connectivity index (χ1v) is 17.6. The van der Waals surface area contributed by atoms with Crippen molar-refractivity contribution in [2.45, 2.75) is 85.1 Å². The fourth-order valence-electron chi connectivity index (χ4n) is 6.66. The van der Waals surface area contributed by atoms with Crippen molar-refractivity contribution >= 4 is 33.5 Å². The van der Waals surface area contributed by atoms with Crippen LogP contribution >= 0.6 is 0 Å². The molecule has 3 aromatic carbocycles. The molecule has 246 valence electrons. The second-order valence-corrected chi connectivity index (χ2v) is 13.2. The Bertz CT molecular complexity index is 1810. The zero-order chi connectivity index (χ0) is 32.6. The third-order valence-corrected chi connectivity index (χ3v) is 9.23. The lowest BCUT2D eigenvalue weighted by molar-refractivity contribution is 0.0953. The molecule has 0 radical (unpaired) electrons. The first kappa shape index (κ1) is 32.5. The van der Waals surface area contributed by atoms with Gasteiger partial charge in [-0.1, -0.05) is 44.2 Å². The number of carbonyl (C=O) groups excluding carboxylic acids is 1. The van der Waals surface area contributed by atoms with Crippen molar-refractivity contribution in [1.82, 2.24) is 19.9 Å². The molecular formula is C40H49N5O2. The van der Waals surface area contributed by atoms with Gasteiger partial charge in [-0.15, -0.1) is 0 Å². The number of amides is 1. The smallest absolute Gasteiger partial charge is 0.251 e. The summed E-state index contributed by atoms with van der Waals surface area (Å²) in [5.41, 5.74) is 8.85. The summed E-state index contributed by atoms with van der Waals surface area (Å²) in [6.07, 6.45) is 9.49. The molecule has 0 aliphatic heterocycles. The molecule has 2 heterocycles. The number of carbonyl (C=O) groups is 1. The Morgan fingerprint density at radius 2 is 1.72 bits per heavy atom. The lowest BCUT2D eigenvalue weighted by Crippen LogP contribution is -2.24. The second kappa shape index (κ2) is 15.5. The van der Waals surface area contributed by atoms with Crippen molar-refractivity contribution < 1.29 is 9.53 Å². The van der Waals surface area contributed by atoms with E-state index in [0.29, 0.717) is 24.6 Å². The van der Waals surface area contributed by atoms with E-state index < -0.39 is 0 Å². The first-order valence-electron chi connectivity index (χ1n) is 17.6. The van der Waals surface area contributed by atoms with E-state index in [-0.39, 0.29) is 5.91 Å². The molecule has 7 heteroatoms. The largest absolute Gasteiger partial charge is 0.494 e. The van der Waals surface area contributed by atoms with Crippen molar-refractivity contribution in [1.29, 1.82) is 0 Å². The van der Waals surface area contributed by atoms with Gasteiger partial charge in [-0.05, 0) is 112 Å². The van der Waals surface area contributed by atoms with E-state index in [1.165, 1.54) is 40.7 Å². The molecule has 0 fully saturated rings. The Morgan fingerprint density at radius 1 is 0.915 bits per heavy atom. The normalized spacial score (nSPS) is 12.9. The number of para-hydroxylation sites is 1. The number of ether oxygens (including phenoxy) is 1. The summed E-state index contributed by atoms with van der Waals surface area (Å²) in [7, 11) is 0. The lowest BCUT2D eigenvalue weighted by atomic mass is 9.92. The van der Waals surface area contributed by atoms with Crippen LogP contribution in [0.5, 0.6) is 5.75 Å². The topological polar surface area (TPSA) is 81.1 Å². The Balaban J connectivity index is 1.03. The average molecular weight is 632 g/mol. The van der Waals surface area contributed by atoms with Gasteiger partial charge in [-0.25, -0.2) is 4.98 Å². The van der Waals surface area contributed by atoms with Crippen LogP contribution in [0.3, 0.4) is 0 Å². The summed E-state index contributed by atoms with van der Waals surface area (Å²) in [6.45, 7) is 9.64. The van der Waals surface area contributed by atoms with Crippen LogP contribution in [0.15, 0.2) is 66.7 Å². The van der Waals surface area contributed by atoms with Crippen LogP contribution < -0.4 is 15.4 Å². The minimum Gasteiger partial charge on any atom is -0.494 e. The third-order valence-electron chi connectivity index (χ3n) is 9.23. The Labute approximate surface area is 279 Å². The number of pyridine rings is 1. The molecule has 1 amide bonds. The summed E-state index contributed by atoms with van der Waals surface area (Å²) in [5, 5.41) is 8.13. The van der Waals surface area contributed by atoms with Gasteiger partial charge in [0.05, 0.1) is 23.2 Å². The number of aromatic nitrogens is 3. The van der Waals surface area contributed by atoms with E-state index in [9.17, 15) is 4.79 Å². The lowest BCUT2D eigenvalue weighted by Gasteiger charge is -2.21. The number of imidazole rings is 1. The Hall–Kier alpha value is -4.39. The quantitative estimate of drug-likeness (QED) is 0.113. The van der Waals surface area contributed by atoms with E-state index in [2.05, 4.69) is 71.5 Å². The minimum atomic E-state index is -0.0373. The molecule has 0 atom stereocenters. The molecule has 0 unspecified atom stereocenters. The third kappa shape index (κ3) is 7.95. The van der Waals surface area contributed by atoms with Crippen LogP contribution in [-0.2, 0) is 25.8 Å². The van der Waals surface area contributed by atoms with Crippen LogP contribution in [0.25, 0.3) is 21.9 Å². The highest BCUT2D eigenvalue weighted by atomic mass is 16.5. The number of hydrogen-bond acceptors (Lipinski definition) is 5. The number of fused-ring (bicyclic) bond motifs is 3. The van der Waals surface area contributed by atoms with Gasteiger partial charge in [0.1, 0.15) is 11.6 Å². The average Bonchev–Trinajstić information content (AvgIpc) is 3.43. The number of nitrogens with one attached hydrogen (secondary N) is 2. The second-order valence-electron chi connectivity index (χ2n) is 13.2. The van der Waals surface area contributed by atoms with E-state index in [1.807, 2.05) is 31.2 Å². The van der Waals surface area contributed by atoms with Gasteiger partial charge in [0.25, 0.3) is 5.91 Å². The van der Waals surface area contributed by atoms with Crippen molar-refractivity contribution in [3.8, 4) is 5.75 Å². The van der Waals surface area contributed by atoms with Crippen molar-refractivity contribution in [2.75, 3.05) is 25.0 Å². The van der Waals surface area contributed by atoms with Crippen LogP contribution in [0.4, 0.5) is 5.69 Å². The first-order chi connectivity index (χ1) is 23.0. The zero-order valence-corrected chi connectivity index (χ0v) is 28.3. The van der Waals surface area contributed by atoms with E-state index >= 15 is 0 Å². The SMILES string of the molecule is CCOc1ccc(Cc2nc3cc(C(=O)NCCCCCNc4c5c(nc6ccccc46)CCCC5)ccc3n2CCC(C)C)cc1. The molecule has 1 aliphatic rings. The Morgan fingerprint density at radius 3 is 2.55 bits per heavy atom. The van der Waals surface area contributed by atoms with Gasteiger partial charge in [0, 0.05) is 48.4 Å². The molecule has 1 aliphatic carbocycles. The molecule has 0 bridgehead atoms. The fraction of sp³-hybridized carbons (Fsp3) is 0.425. The maximum absolute atomic E-state index is 13.1. The fourth-order valence-corrected chi connectivity index (χ4v) is 6.66. The van der Waals surface area contributed by atoms with Crippen LogP contribution in [0.2, 0.25) is 0 Å². The molecule has 2 N–H and O–H groups in total. The number of hydrogen-bond donors (Lipinski definition) is 2. The maximum atomic E-state index is 13.1. The number of benzene rings is 3. The van der Waals surface area contributed by atoms with Gasteiger partial charge >= 0.3 is 0 Å². The minimum absolute atomic E-state index is 0.0373. The van der Waals surface area contributed by atoms with Gasteiger partial charge in [-0.2, -0.15) is 0 Å². The van der Waals surface area contributed by atoms with Gasteiger partial charge in [0.2, 0.25) is 0 Å².